The van der Waals surface area contributed by atoms with Gasteiger partial charge in [-0.05, 0) is 46.2 Å². The molecule has 0 N–H and O–H groups in total. The standard InChI is InChI=1S/C19H16O/c20-15-9-10-18-16-7-3-1-5-13(16)11-14-6-2-4-8-17(14)19(18)12-15/h1-8H,9-12H2. The third-order valence-corrected chi connectivity index (χ3v) is 4.46. The summed E-state index contributed by atoms with van der Waals surface area (Å²) in [7, 11) is 0. The molecule has 1 heteroatoms. The molecule has 2 aliphatic rings. The molecule has 2 aromatic carbocycles. The molecule has 4 rings (SSSR count). The Balaban J connectivity index is 2.04. The highest BCUT2D eigenvalue weighted by Gasteiger charge is 2.26. The van der Waals surface area contributed by atoms with Gasteiger partial charge in [-0.1, -0.05) is 48.5 Å². The Labute approximate surface area is 119 Å². The first kappa shape index (κ1) is 11.7. The van der Waals surface area contributed by atoms with Gasteiger partial charge in [0.05, 0.1) is 0 Å². The third-order valence-electron chi connectivity index (χ3n) is 4.46. The van der Waals surface area contributed by atoms with Crippen molar-refractivity contribution in [1.82, 2.24) is 0 Å². The molecule has 2 aromatic rings. The Hall–Kier alpha value is -2.15. The van der Waals surface area contributed by atoms with Gasteiger partial charge in [0, 0.05) is 12.8 Å². The topological polar surface area (TPSA) is 17.1 Å². The average Bonchev–Trinajstić information content (AvgIpc) is 2.61. The number of allylic oxidation sites excluding steroid dienone is 2. The first-order chi connectivity index (χ1) is 9.83. The van der Waals surface area contributed by atoms with Crippen LogP contribution in [0.4, 0.5) is 0 Å². The molecule has 0 saturated carbocycles. The lowest BCUT2D eigenvalue weighted by Gasteiger charge is -2.20. The van der Waals surface area contributed by atoms with E-state index in [4.69, 9.17) is 0 Å². The van der Waals surface area contributed by atoms with E-state index in [1.165, 1.54) is 33.4 Å². The SMILES string of the molecule is O=C1CCC2=C(C1)c1ccccc1Cc1ccccc12. The van der Waals surface area contributed by atoms with Crippen molar-refractivity contribution in [2.75, 3.05) is 0 Å². The minimum Gasteiger partial charge on any atom is -0.299 e. The number of rotatable bonds is 0. The van der Waals surface area contributed by atoms with E-state index in [0.717, 1.165) is 12.8 Å². The Morgan fingerprint density at radius 1 is 0.650 bits per heavy atom. The largest absolute Gasteiger partial charge is 0.299 e. The Morgan fingerprint density at radius 3 is 1.95 bits per heavy atom. The van der Waals surface area contributed by atoms with E-state index >= 15 is 0 Å². The van der Waals surface area contributed by atoms with Gasteiger partial charge in [-0.15, -0.1) is 0 Å². The molecule has 0 atom stereocenters. The molecule has 0 heterocycles. The fraction of sp³-hybridized carbons (Fsp3) is 0.211. The van der Waals surface area contributed by atoms with Gasteiger partial charge in [-0.25, -0.2) is 0 Å². The molecule has 0 amide bonds. The van der Waals surface area contributed by atoms with Crippen LogP contribution in [0.1, 0.15) is 41.5 Å². The summed E-state index contributed by atoms with van der Waals surface area (Å²) in [6, 6.07) is 17.2. The van der Waals surface area contributed by atoms with Crippen molar-refractivity contribution in [1.29, 1.82) is 0 Å². The fourth-order valence-electron chi connectivity index (χ4n) is 3.51. The first-order valence-corrected chi connectivity index (χ1v) is 7.23. The molecule has 0 radical (unpaired) electrons. The zero-order valence-electron chi connectivity index (χ0n) is 11.4. The second-order valence-corrected chi connectivity index (χ2v) is 5.66. The van der Waals surface area contributed by atoms with Crippen molar-refractivity contribution in [3.63, 3.8) is 0 Å². The van der Waals surface area contributed by atoms with Crippen LogP contribution in [0.2, 0.25) is 0 Å². The first-order valence-electron chi connectivity index (χ1n) is 7.23. The van der Waals surface area contributed by atoms with E-state index in [2.05, 4.69) is 48.5 Å². The van der Waals surface area contributed by atoms with Crippen molar-refractivity contribution in [2.24, 2.45) is 0 Å². The van der Waals surface area contributed by atoms with Crippen LogP contribution in [-0.2, 0) is 11.2 Å². The number of Topliss-reactive ketones (excluding diaryl/α,β-unsaturated/α-hetero) is 1. The van der Waals surface area contributed by atoms with Gasteiger partial charge < -0.3 is 0 Å². The van der Waals surface area contributed by atoms with Crippen LogP contribution in [0.3, 0.4) is 0 Å². The highest BCUT2D eigenvalue weighted by atomic mass is 16.1. The molecular weight excluding hydrogens is 244 g/mol. The van der Waals surface area contributed by atoms with E-state index in [9.17, 15) is 4.79 Å². The van der Waals surface area contributed by atoms with Gasteiger partial charge >= 0.3 is 0 Å². The summed E-state index contributed by atoms with van der Waals surface area (Å²) in [5, 5.41) is 0. The number of carbonyl (C=O) groups is 1. The van der Waals surface area contributed by atoms with Crippen LogP contribution in [0.5, 0.6) is 0 Å². The normalized spacial score (nSPS) is 17.1. The summed E-state index contributed by atoms with van der Waals surface area (Å²) in [5.74, 6) is 0.373. The van der Waals surface area contributed by atoms with Crippen LogP contribution >= 0.6 is 0 Å². The van der Waals surface area contributed by atoms with E-state index in [1.54, 1.807) is 0 Å². The summed E-state index contributed by atoms with van der Waals surface area (Å²) >= 11 is 0. The minimum absolute atomic E-state index is 0.373. The van der Waals surface area contributed by atoms with Crippen molar-refractivity contribution in [3.05, 3.63) is 70.8 Å². The Morgan fingerprint density at radius 2 is 1.25 bits per heavy atom. The zero-order valence-corrected chi connectivity index (χ0v) is 11.4. The van der Waals surface area contributed by atoms with E-state index in [-0.39, 0.29) is 0 Å². The summed E-state index contributed by atoms with van der Waals surface area (Å²) in [5.41, 5.74) is 8.03. The number of benzene rings is 2. The lowest BCUT2D eigenvalue weighted by molar-refractivity contribution is -0.118. The second-order valence-electron chi connectivity index (χ2n) is 5.66. The molecule has 0 aliphatic heterocycles. The third kappa shape index (κ3) is 1.74. The van der Waals surface area contributed by atoms with E-state index in [0.29, 0.717) is 18.6 Å². The lowest BCUT2D eigenvalue weighted by Crippen LogP contribution is -2.08. The van der Waals surface area contributed by atoms with Gasteiger partial charge in [-0.2, -0.15) is 0 Å². The number of ketones is 1. The summed E-state index contributed by atoms with van der Waals surface area (Å²) in [6.45, 7) is 0. The van der Waals surface area contributed by atoms with Gasteiger partial charge in [-0.3, -0.25) is 4.79 Å². The second kappa shape index (κ2) is 4.45. The quantitative estimate of drug-likeness (QED) is 0.692. The number of carbonyl (C=O) groups excluding carboxylic acids is 1. The molecule has 0 spiro atoms. The van der Waals surface area contributed by atoms with Crippen LogP contribution in [0, 0.1) is 0 Å². The fourth-order valence-corrected chi connectivity index (χ4v) is 3.51. The van der Waals surface area contributed by atoms with Gasteiger partial charge in [0.25, 0.3) is 0 Å². The van der Waals surface area contributed by atoms with E-state index in [1.807, 2.05) is 0 Å². The van der Waals surface area contributed by atoms with Crippen molar-refractivity contribution >= 4 is 16.9 Å². The predicted octanol–water partition coefficient (Wildman–Crippen LogP) is 4.25. The zero-order chi connectivity index (χ0) is 13.5. The van der Waals surface area contributed by atoms with Crippen LogP contribution in [0.15, 0.2) is 48.5 Å². The molecule has 20 heavy (non-hydrogen) atoms. The monoisotopic (exact) mass is 260 g/mol. The molecule has 98 valence electrons. The number of fused-ring (bicyclic) bond motifs is 4. The van der Waals surface area contributed by atoms with Gasteiger partial charge in [0.1, 0.15) is 5.78 Å². The molecule has 1 nitrogen and oxygen atoms in total. The maximum Gasteiger partial charge on any atom is 0.137 e. The van der Waals surface area contributed by atoms with Gasteiger partial charge in [0.15, 0.2) is 0 Å². The van der Waals surface area contributed by atoms with Crippen LogP contribution < -0.4 is 0 Å². The number of hydrogen-bond acceptors (Lipinski definition) is 1. The molecular formula is C19H16O. The molecule has 0 saturated heterocycles. The van der Waals surface area contributed by atoms with Gasteiger partial charge in [0.2, 0.25) is 0 Å². The highest BCUT2D eigenvalue weighted by molar-refractivity contribution is 6.05. The average molecular weight is 260 g/mol. The Bertz CT molecular complexity index is 737. The molecule has 0 bridgehead atoms. The molecule has 2 aliphatic carbocycles. The Kier molecular flexibility index (Phi) is 2.59. The minimum atomic E-state index is 0.373. The lowest BCUT2D eigenvalue weighted by atomic mass is 9.83. The predicted molar refractivity (Wildman–Crippen MR) is 81.4 cm³/mol. The number of hydrogen-bond donors (Lipinski definition) is 0. The molecule has 0 aromatic heterocycles. The highest BCUT2D eigenvalue weighted by Crippen LogP contribution is 2.42. The van der Waals surface area contributed by atoms with Crippen LogP contribution in [0.25, 0.3) is 11.1 Å². The van der Waals surface area contributed by atoms with Crippen LogP contribution in [-0.4, -0.2) is 5.78 Å². The summed E-state index contributed by atoms with van der Waals surface area (Å²) in [6.07, 6.45) is 3.14. The summed E-state index contributed by atoms with van der Waals surface area (Å²) < 4.78 is 0. The smallest absolute Gasteiger partial charge is 0.137 e. The van der Waals surface area contributed by atoms with E-state index < -0.39 is 0 Å². The molecule has 0 fully saturated rings. The van der Waals surface area contributed by atoms with Crippen molar-refractivity contribution < 1.29 is 4.79 Å². The molecule has 0 unspecified atom stereocenters. The van der Waals surface area contributed by atoms with Crippen molar-refractivity contribution in [2.45, 2.75) is 25.7 Å². The maximum absolute atomic E-state index is 11.9. The maximum atomic E-state index is 11.9. The summed E-state index contributed by atoms with van der Waals surface area (Å²) in [4.78, 5) is 11.9. The van der Waals surface area contributed by atoms with Crippen molar-refractivity contribution in [3.8, 4) is 0 Å².